The molecule has 0 aliphatic rings. The summed E-state index contributed by atoms with van der Waals surface area (Å²) in [6.45, 7) is 1.63. The second-order valence-corrected chi connectivity index (χ2v) is 5.44. The van der Waals surface area contributed by atoms with Crippen LogP contribution >= 0.6 is 12.4 Å². The smallest absolute Gasteiger partial charge is 0.246 e. The molecule has 0 aromatic heterocycles. The first kappa shape index (κ1) is 18.2. The highest BCUT2D eigenvalue weighted by Crippen LogP contribution is 2.19. The molecule has 0 heterocycles. The number of benzene rings is 1. The van der Waals surface area contributed by atoms with Gasteiger partial charge in [-0.25, -0.2) is 26.3 Å². The lowest BCUT2D eigenvalue weighted by atomic mass is 10.3. The van der Waals surface area contributed by atoms with E-state index in [0.29, 0.717) is 12.1 Å². The highest BCUT2D eigenvalue weighted by molar-refractivity contribution is 7.89. The van der Waals surface area contributed by atoms with Gasteiger partial charge < -0.3 is 5.32 Å². The van der Waals surface area contributed by atoms with Gasteiger partial charge in [-0.2, -0.15) is 0 Å². The Hall–Kier alpha value is -0.830. The van der Waals surface area contributed by atoms with Crippen LogP contribution in [0.5, 0.6) is 0 Å². The molecule has 1 unspecified atom stereocenters. The maximum absolute atomic E-state index is 13.3. The molecule has 0 radical (unpaired) electrons. The van der Waals surface area contributed by atoms with Crippen LogP contribution in [0, 0.1) is 17.5 Å². The molecule has 2 N–H and O–H groups in total. The largest absolute Gasteiger partial charge is 0.316 e. The normalized spacial score (nSPS) is 12.9. The Morgan fingerprint density at radius 3 is 2.11 bits per heavy atom. The predicted molar refractivity (Wildman–Crippen MR) is 67.3 cm³/mol. The Labute approximate surface area is 115 Å². The van der Waals surface area contributed by atoms with E-state index in [1.165, 1.54) is 0 Å². The van der Waals surface area contributed by atoms with E-state index in [0.717, 1.165) is 0 Å². The Morgan fingerprint density at radius 2 is 1.68 bits per heavy atom. The molecule has 4 nitrogen and oxygen atoms in total. The lowest BCUT2D eigenvalue weighted by Gasteiger charge is -2.12. The predicted octanol–water partition coefficient (Wildman–Crippen LogP) is 1.41. The van der Waals surface area contributed by atoms with Crippen molar-refractivity contribution in [3.05, 3.63) is 29.6 Å². The summed E-state index contributed by atoms with van der Waals surface area (Å²) in [4.78, 5) is -1.17. The Balaban J connectivity index is 0.00000324. The van der Waals surface area contributed by atoms with Crippen LogP contribution in [0.2, 0.25) is 0 Å². The van der Waals surface area contributed by atoms with Crippen molar-refractivity contribution in [1.29, 1.82) is 0 Å². The first-order valence-electron chi connectivity index (χ1n) is 5.09. The van der Waals surface area contributed by atoms with Crippen LogP contribution in [0.15, 0.2) is 17.0 Å². The lowest BCUT2D eigenvalue weighted by molar-refractivity contribution is 0.491. The molecule has 110 valence electrons. The molecule has 0 spiro atoms. The van der Waals surface area contributed by atoms with E-state index >= 15 is 0 Å². The van der Waals surface area contributed by atoms with Crippen LogP contribution in [0.4, 0.5) is 13.2 Å². The van der Waals surface area contributed by atoms with Crippen molar-refractivity contribution in [2.24, 2.45) is 0 Å². The zero-order valence-electron chi connectivity index (χ0n) is 10.2. The highest BCUT2D eigenvalue weighted by Gasteiger charge is 2.25. The molecule has 9 heteroatoms. The van der Waals surface area contributed by atoms with Crippen LogP contribution in [0.25, 0.3) is 0 Å². The van der Waals surface area contributed by atoms with Crippen LogP contribution in [-0.4, -0.2) is 28.1 Å². The third-order valence-corrected chi connectivity index (χ3v) is 3.78. The number of hydrogen-bond acceptors (Lipinski definition) is 3. The molecule has 0 amide bonds. The maximum Gasteiger partial charge on any atom is 0.246 e. The number of halogens is 4. The van der Waals surface area contributed by atoms with Gasteiger partial charge in [-0.1, -0.05) is 0 Å². The third-order valence-electron chi connectivity index (χ3n) is 2.30. The van der Waals surface area contributed by atoms with Crippen LogP contribution in [0.3, 0.4) is 0 Å². The van der Waals surface area contributed by atoms with E-state index in [1.807, 2.05) is 4.72 Å². The molecule has 0 saturated heterocycles. The maximum atomic E-state index is 13.3. The minimum absolute atomic E-state index is 0. The molecular formula is C10H14ClF3N2O2S. The fourth-order valence-electron chi connectivity index (χ4n) is 1.19. The minimum Gasteiger partial charge on any atom is -0.316 e. The van der Waals surface area contributed by atoms with Crippen molar-refractivity contribution in [3.8, 4) is 0 Å². The number of rotatable bonds is 5. The van der Waals surface area contributed by atoms with E-state index in [2.05, 4.69) is 5.32 Å². The van der Waals surface area contributed by atoms with Crippen LogP contribution in [-0.2, 0) is 10.0 Å². The Kier molecular flexibility index (Phi) is 6.78. The van der Waals surface area contributed by atoms with Gasteiger partial charge >= 0.3 is 0 Å². The van der Waals surface area contributed by atoms with E-state index < -0.39 is 32.4 Å². The average Bonchev–Trinajstić information content (AvgIpc) is 2.24. The molecule has 0 aliphatic carbocycles. The standard InChI is InChI=1S/C10H13F3N2O2S.ClH/c1-6(14-2)5-15-18(16,17)10-8(12)3-7(11)4-9(10)13;/h3-4,6,14-15H,5H2,1-2H3;1H. The van der Waals surface area contributed by atoms with Gasteiger partial charge in [0, 0.05) is 24.7 Å². The monoisotopic (exact) mass is 318 g/mol. The zero-order valence-corrected chi connectivity index (χ0v) is 11.8. The van der Waals surface area contributed by atoms with Crippen molar-refractivity contribution in [3.63, 3.8) is 0 Å². The number of sulfonamides is 1. The van der Waals surface area contributed by atoms with Crippen LogP contribution < -0.4 is 10.0 Å². The van der Waals surface area contributed by atoms with Crippen molar-refractivity contribution < 1.29 is 21.6 Å². The molecule has 0 saturated carbocycles. The second kappa shape index (κ2) is 7.09. The lowest BCUT2D eigenvalue weighted by Crippen LogP contribution is -2.37. The molecule has 0 fully saturated rings. The average molecular weight is 319 g/mol. The number of nitrogens with one attached hydrogen (secondary N) is 2. The van der Waals surface area contributed by atoms with Gasteiger partial charge in [0.2, 0.25) is 10.0 Å². The van der Waals surface area contributed by atoms with Gasteiger partial charge in [-0.3, -0.25) is 0 Å². The summed E-state index contributed by atoms with van der Waals surface area (Å²) in [5.74, 6) is -4.10. The Morgan fingerprint density at radius 1 is 1.21 bits per heavy atom. The molecular weight excluding hydrogens is 305 g/mol. The molecule has 1 aromatic carbocycles. The second-order valence-electron chi connectivity index (χ2n) is 3.74. The minimum atomic E-state index is -4.35. The summed E-state index contributed by atoms with van der Waals surface area (Å²) >= 11 is 0. The summed E-state index contributed by atoms with van der Waals surface area (Å²) in [6.07, 6.45) is 0. The van der Waals surface area contributed by atoms with Crippen molar-refractivity contribution in [2.75, 3.05) is 13.6 Å². The Bertz CT molecular complexity index is 517. The quantitative estimate of drug-likeness (QED) is 0.863. The summed E-state index contributed by atoms with van der Waals surface area (Å²) in [5.41, 5.74) is 0. The topological polar surface area (TPSA) is 58.2 Å². The summed E-state index contributed by atoms with van der Waals surface area (Å²) in [7, 11) is -2.74. The molecule has 1 aromatic rings. The summed E-state index contributed by atoms with van der Waals surface area (Å²) in [6, 6.07) is 0.421. The van der Waals surface area contributed by atoms with Gasteiger partial charge in [0.15, 0.2) is 4.90 Å². The molecule has 19 heavy (non-hydrogen) atoms. The van der Waals surface area contributed by atoms with E-state index in [1.54, 1.807) is 14.0 Å². The molecule has 0 bridgehead atoms. The fourth-order valence-corrected chi connectivity index (χ4v) is 2.44. The molecule has 1 rings (SSSR count). The fraction of sp³-hybridized carbons (Fsp3) is 0.400. The highest BCUT2D eigenvalue weighted by atomic mass is 35.5. The van der Waals surface area contributed by atoms with Crippen molar-refractivity contribution in [2.45, 2.75) is 17.9 Å². The van der Waals surface area contributed by atoms with E-state index in [4.69, 9.17) is 0 Å². The van der Waals surface area contributed by atoms with Gasteiger partial charge in [-0.15, -0.1) is 12.4 Å². The summed E-state index contributed by atoms with van der Waals surface area (Å²) < 4.78 is 64.6. The first-order valence-corrected chi connectivity index (χ1v) is 6.57. The molecule has 1 atom stereocenters. The van der Waals surface area contributed by atoms with Crippen LogP contribution in [0.1, 0.15) is 6.92 Å². The van der Waals surface area contributed by atoms with Gasteiger partial charge in [0.1, 0.15) is 17.5 Å². The van der Waals surface area contributed by atoms with Crippen molar-refractivity contribution in [1.82, 2.24) is 10.0 Å². The third kappa shape index (κ3) is 4.64. The zero-order chi connectivity index (χ0) is 13.9. The van der Waals surface area contributed by atoms with E-state index in [9.17, 15) is 21.6 Å². The van der Waals surface area contributed by atoms with Crippen molar-refractivity contribution >= 4 is 22.4 Å². The van der Waals surface area contributed by atoms with Gasteiger partial charge in [-0.05, 0) is 14.0 Å². The first-order chi connectivity index (χ1) is 8.27. The molecule has 0 aliphatic heterocycles. The van der Waals surface area contributed by atoms with Gasteiger partial charge in [0.25, 0.3) is 0 Å². The summed E-state index contributed by atoms with van der Waals surface area (Å²) in [5, 5.41) is 2.75. The number of likely N-dealkylation sites (N-methyl/N-ethyl adjacent to an activating group) is 1. The van der Waals surface area contributed by atoms with Gasteiger partial charge in [0.05, 0.1) is 0 Å². The number of hydrogen-bond donors (Lipinski definition) is 2. The SMILES string of the molecule is CNC(C)CNS(=O)(=O)c1c(F)cc(F)cc1F.Cl. The van der Waals surface area contributed by atoms with E-state index in [-0.39, 0.29) is 25.0 Å².